The minimum absolute atomic E-state index is 0.00684. The Morgan fingerprint density at radius 1 is 1.25 bits per heavy atom. The second kappa shape index (κ2) is 8.18. The number of hydrogen-bond donors (Lipinski definition) is 0. The highest BCUT2D eigenvalue weighted by Crippen LogP contribution is 2.30. The molecule has 1 amide bonds. The Morgan fingerprint density at radius 3 is 2.57 bits per heavy atom. The number of fused-ring (bicyclic) bond motifs is 1. The van der Waals surface area contributed by atoms with E-state index in [2.05, 4.69) is 0 Å². The summed E-state index contributed by atoms with van der Waals surface area (Å²) in [5, 5.41) is 1.74. The SMILES string of the molecule is CCN(CC)S(=O)(=O)c1ccc2c(c1)CCCN2C(=O)Cn1c(C)csc1=O. The van der Waals surface area contributed by atoms with Crippen LogP contribution in [0.5, 0.6) is 0 Å². The van der Waals surface area contributed by atoms with E-state index in [1.54, 1.807) is 35.4 Å². The van der Waals surface area contributed by atoms with Gasteiger partial charge in [-0.05, 0) is 43.5 Å². The Balaban J connectivity index is 1.91. The Labute approximate surface area is 169 Å². The second-order valence-electron chi connectivity index (χ2n) is 6.76. The maximum Gasteiger partial charge on any atom is 0.307 e. The van der Waals surface area contributed by atoms with E-state index in [1.165, 1.54) is 8.87 Å². The third kappa shape index (κ3) is 3.78. The normalized spacial score (nSPS) is 14.4. The molecule has 1 aliphatic heterocycles. The van der Waals surface area contributed by atoms with Gasteiger partial charge < -0.3 is 4.90 Å². The summed E-state index contributed by atoms with van der Waals surface area (Å²) in [5.74, 6) is -0.163. The number of aryl methyl sites for hydroxylation is 2. The zero-order valence-electron chi connectivity index (χ0n) is 16.3. The molecule has 0 atom stereocenters. The van der Waals surface area contributed by atoms with E-state index in [-0.39, 0.29) is 22.2 Å². The molecule has 0 unspecified atom stereocenters. The lowest BCUT2D eigenvalue weighted by Crippen LogP contribution is -2.39. The topological polar surface area (TPSA) is 79.7 Å². The van der Waals surface area contributed by atoms with Gasteiger partial charge in [0.2, 0.25) is 15.9 Å². The maximum absolute atomic E-state index is 12.9. The van der Waals surface area contributed by atoms with Crippen molar-refractivity contribution in [2.45, 2.75) is 45.1 Å². The van der Waals surface area contributed by atoms with Gasteiger partial charge in [-0.15, -0.1) is 0 Å². The second-order valence-corrected chi connectivity index (χ2v) is 9.52. The number of thiazole rings is 1. The van der Waals surface area contributed by atoms with Gasteiger partial charge in [0.05, 0.1) is 4.90 Å². The fourth-order valence-electron chi connectivity index (χ4n) is 3.52. The molecule has 0 fully saturated rings. The van der Waals surface area contributed by atoms with Gasteiger partial charge in [-0.25, -0.2) is 8.42 Å². The van der Waals surface area contributed by atoms with Gasteiger partial charge in [0, 0.05) is 36.4 Å². The number of rotatable bonds is 6. The fraction of sp³-hybridized carbons (Fsp3) is 0.474. The average molecular weight is 424 g/mol. The lowest BCUT2D eigenvalue weighted by Gasteiger charge is -2.30. The number of sulfonamides is 1. The van der Waals surface area contributed by atoms with E-state index < -0.39 is 10.0 Å². The summed E-state index contributed by atoms with van der Waals surface area (Å²) in [4.78, 5) is 26.6. The minimum atomic E-state index is -3.54. The number of amides is 1. The molecule has 1 aromatic carbocycles. The highest BCUT2D eigenvalue weighted by Gasteiger charge is 2.27. The number of nitrogens with zero attached hydrogens (tertiary/aromatic N) is 3. The van der Waals surface area contributed by atoms with Crippen molar-refractivity contribution in [2.75, 3.05) is 24.5 Å². The largest absolute Gasteiger partial charge is 0.311 e. The van der Waals surface area contributed by atoms with E-state index in [0.717, 1.165) is 41.1 Å². The van der Waals surface area contributed by atoms with E-state index in [1.807, 2.05) is 13.8 Å². The molecular formula is C19H25N3O4S2. The Bertz CT molecular complexity index is 1040. The molecule has 7 nitrogen and oxygen atoms in total. The van der Waals surface area contributed by atoms with Crippen LogP contribution in [-0.4, -0.2) is 42.8 Å². The van der Waals surface area contributed by atoms with Gasteiger partial charge in [0.25, 0.3) is 0 Å². The monoisotopic (exact) mass is 423 g/mol. The predicted octanol–water partition coefficient (Wildman–Crippen LogP) is 2.23. The highest BCUT2D eigenvalue weighted by atomic mass is 32.2. The molecule has 1 aliphatic rings. The maximum atomic E-state index is 12.9. The third-order valence-corrected chi connectivity index (χ3v) is 8.01. The molecule has 2 aromatic rings. The predicted molar refractivity (Wildman–Crippen MR) is 111 cm³/mol. The first-order chi connectivity index (χ1) is 13.3. The van der Waals surface area contributed by atoms with E-state index in [4.69, 9.17) is 0 Å². The van der Waals surface area contributed by atoms with Crippen LogP contribution in [0.25, 0.3) is 0 Å². The molecule has 0 saturated heterocycles. The van der Waals surface area contributed by atoms with Crippen LogP contribution in [0.2, 0.25) is 0 Å². The first kappa shape index (κ1) is 20.8. The summed E-state index contributed by atoms with van der Waals surface area (Å²) < 4.78 is 28.5. The van der Waals surface area contributed by atoms with Crippen molar-refractivity contribution in [2.24, 2.45) is 0 Å². The van der Waals surface area contributed by atoms with Crippen LogP contribution >= 0.6 is 11.3 Å². The van der Waals surface area contributed by atoms with Crippen molar-refractivity contribution in [3.05, 3.63) is 44.5 Å². The zero-order valence-corrected chi connectivity index (χ0v) is 18.0. The Hall–Kier alpha value is -1.97. The van der Waals surface area contributed by atoms with Crippen molar-refractivity contribution in [3.63, 3.8) is 0 Å². The van der Waals surface area contributed by atoms with Crippen LogP contribution in [0.1, 0.15) is 31.5 Å². The molecule has 0 saturated carbocycles. The van der Waals surface area contributed by atoms with Crippen molar-refractivity contribution < 1.29 is 13.2 Å². The molecule has 0 bridgehead atoms. The van der Waals surface area contributed by atoms with Crippen molar-refractivity contribution in [1.82, 2.24) is 8.87 Å². The molecule has 28 heavy (non-hydrogen) atoms. The quantitative estimate of drug-likeness (QED) is 0.714. The summed E-state index contributed by atoms with van der Waals surface area (Å²) in [6, 6.07) is 4.97. The molecule has 152 valence electrons. The number of carbonyl (C=O) groups excluding carboxylic acids is 1. The number of benzene rings is 1. The number of hydrogen-bond acceptors (Lipinski definition) is 5. The van der Waals surface area contributed by atoms with Gasteiger partial charge in [-0.2, -0.15) is 4.31 Å². The van der Waals surface area contributed by atoms with E-state index in [9.17, 15) is 18.0 Å². The molecule has 0 aliphatic carbocycles. The molecule has 2 heterocycles. The van der Waals surface area contributed by atoms with Crippen molar-refractivity contribution in [3.8, 4) is 0 Å². The summed E-state index contributed by atoms with van der Waals surface area (Å²) >= 11 is 1.08. The highest BCUT2D eigenvalue weighted by molar-refractivity contribution is 7.89. The first-order valence-electron chi connectivity index (χ1n) is 9.38. The zero-order chi connectivity index (χ0) is 20.5. The first-order valence-corrected chi connectivity index (χ1v) is 11.7. The lowest BCUT2D eigenvalue weighted by molar-refractivity contribution is -0.119. The summed E-state index contributed by atoms with van der Waals surface area (Å²) in [5.41, 5.74) is 2.35. The van der Waals surface area contributed by atoms with Crippen LogP contribution in [0, 0.1) is 6.92 Å². The van der Waals surface area contributed by atoms with Crippen molar-refractivity contribution >= 4 is 33.0 Å². The summed E-state index contributed by atoms with van der Waals surface area (Å²) in [7, 11) is -3.54. The smallest absolute Gasteiger partial charge is 0.307 e. The fourth-order valence-corrected chi connectivity index (χ4v) is 5.77. The van der Waals surface area contributed by atoms with Gasteiger partial charge in [-0.1, -0.05) is 25.2 Å². The lowest BCUT2D eigenvalue weighted by atomic mass is 10.0. The standard InChI is InChI=1S/C19H25N3O4S2/c1-4-20(5-2)28(25,26)16-8-9-17-15(11-16)7-6-10-21(17)18(23)12-22-14(3)13-27-19(22)24/h8-9,11,13H,4-7,10,12H2,1-3H3. The Morgan fingerprint density at radius 2 is 1.96 bits per heavy atom. The van der Waals surface area contributed by atoms with Crippen LogP contribution in [-0.2, 0) is 27.8 Å². The minimum Gasteiger partial charge on any atom is -0.311 e. The van der Waals surface area contributed by atoms with E-state index >= 15 is 0 Å². The summed E-state index contributed by atoms with van der Waals surface area (Å²) in [6.45, 7) is 6.81. The number of anilines is 1. The van der Waals surface area contributed by atoms with E-state index in [0.29, 0.717) is 19.6 Å². The van der Waals surface area contributed by atoms with Crippen LogP contribution in [0.4, 0.5) is 5.69 Å². The third-order valence-electron chi connectivity index (χ3n) is 5.08. The van der Waals surface area contributed by atoms with Gasteiger partial charge in [0.1, 0.15) is 6.54 Å². The van der Waals surface area contributed by atoms with Crippen LogP contribution in [0.3, 0.4) is 0 Å². The number of aromatic nitrogens is 1. The average Bonchev–Trinajstić information content (AvgIpc) is 2.99. The molecule has 0 radical (unpaired) electrons. The molecule has 0 spiro atoms. The molecule has 9 heteroatoms. The van der Waals surface area contributed by atoms with Gasteiger partial charge in [-0.3, -0.25) is 14.2 Å². The van der Waals surface area contributed by atoms with Gasteiger partial charge in [0.15, 0.2) is 0 Å². The van der Waals surface area contributed by atoms with Crippen LogP contribution < -0.4 is 9.77 Å². The molecule has 1 aromatic heterocycles. The molecular weight excluding hydrogens is 398 g/mol. The molecule has 0 N–H and O–H groups in total. The summed E-state index contributed by atoms with van der Waals surface area (Å²) in [6.07, 6.45) is 1.48. The van der Waals surface area contributed by atoms with Crippen molar-refractivity contribution in [1.29, 1.82) is 0 Å². The van der Waals surface area contributed by atoms with Gasteiger partial charge >= 0.3 is 4.87 Å². The molecule has 3 rings (SSSR count). The number of carbonyl (C=O) groups is 1. The Kier molecular flexibility index (Phi) is 6.07. The van der Waals surface area contributed by atoms with Crippen LogP contribution in [0.15, 0.2) is 33.3 Å².